The number of nitrogens with zero attached hydrogens (tertiary/aromatic N) is 1. The Bertz CT molecular complexity index is 683. The Morgan fingerprint density at radius 2 is 1.96 bits per heavy atom. The minimum Gasteiger partial charge on any atom is -0.497 e. The van der Waals surface area contributed by atoms with Gasteiger partial charge in [0.1, 0.15) is 5.75 Å². The lowest BCUT2D eigenvalue weighted by molar-refractivity contribution is -0.117. The highest BCUT2D eigenvalue weighted by Crippen LogP contribution is 2.16. The van der Waals surface area contributed by atoms with Crippen molar-refractivity contribution in [1.29, 1.82) is 0 Å². The highest BCUT2D eigenvalue weighted by Gasteiger charge is 2.09. The molecular weight excluding hydrogens is 288 g/mol. The average molecular weight is 312 g/mol. The SMILES string of the molecule is COc1cccc(CN(C)CC(=O)Nc2ccc(C)cc2C)c1. The number of amides is 1. The van der Waals surface area contributed by atoms with Gasteiger partial charge in [0.2, 0.25) is 5.91 Å². The standard InChI is InChI=1S/C19H24N2O2/c1-14-8-9-18(15(2)10-14)20-19(22)13-21(3)12-16-6-5-7-17(11-16)23-4/h5-11H,12-13H2,1-4H3,(H,20,22). The van der Waals surface area contributed by atoms with Crippen LogP contribution in [-0.2, 0) is 11.3 Å². The fourth-order valence-electron chi connectivity index (χ4n) is 2.53. The molecule has 0 heterocycles. The van der Waals surface area contributed by atoms with Crippen molar-refractivity contribution >= 4 is 11.6 Å². The first kappa shape index (κ1) is 17.0. The molecule has 0 unspecified atom stereocenters. The maximum atomic E-state index is 12.2. The molecule has 0 radical (unpaired) electrons. The number of carbonyl (C=O) groups is 1. The van der Waals surface area contributed by atoms with Crippen LogP contribution in [0.15, 0.2) is 42.5 Å². The van der Waals surface area contributed by atoms with Gasteiger partial charge in [-0.15, -0.1) is 0 Å². The zero-order valence-electron chi connectivity index (χ0n) is 14.2. The first-order valence-corrected chi connectivity index (χ1v) is 7.66. The fraction of sp³-hybridized carbons (Fsp3) is 0.316. The van der Waals surface area contributed by atoms with Gasteiger partial charge in [-0.1, -0.05) is 29.8 Å². The number of rotatable bonds is 6. The number of likely N-dealkylation sites (N-methyl/N-ethyl adjacent to an activating group) is 1. The molecule has 0 aliphatic carbocycles. The summed E-state index contributed by atoms with van der Waals surface area (Å²) >= 11 is 0. The lowest BCUT2D eigenvalue weighted by Crippen LogP contribution is -2.30. The van der Waals surface area contributed by atoms with Crippen LogP contribution in [0.2, 0.25) is 0 Å². The third-order valence-corrected chi connectivity index (χ3v) is 3.66. The number of hydrogen-bond donors (Lipinski definition) is 1. The highest BCUT2D eigenvalue weighted by atomic mass is 16.5. The van der Waals surface area contributed by atoms with Crippen LogP contribution < -0.4 is 10.1 Å². The Balaban J connectivity index is 1.91. The van der Waals surface area contributed by atoms with E-state index in [-0.39, 0.29) is 5.91 Å². The van der Waals surface area contributed by atoms with Gasteiger partial charge in [0, 0.05) is 12.2 Å². The second-order valence-electron chi connectivity index (χ2n) is 5.89. The van der Waals surface area contributed by atoms with E-state index in [0.717, 1.165) is 22.6 Å². The quantitative estimate of drug-likeness (QED) is 0.889. The molecule has 0 bridgehead atoms. The Labute approximate surface area is 138 Å². The summed E-state index contributed by atoms with van der Waals surface area (Å²) in [7, 11) is 3.58. The van der Waals surface area contributed by atoms with Crippen LogP contribution in [0.1, 0.15) is 16.7 Å². The molecule has 0 aliphatic rings. The molecule has 0 saturated heterocycles. The first-order valence-electron chi connectivity index (χ1n) is 7.66. The van der Waals surface area contributed by atoms with Crippen LogP contribution in [0.25, 0.3) is 0 Å². The summed E-state index contributed by atoms with van der Waals surface area (Å²) < 4.78 is 5.22. The highest BCUT2D eigenvalue weighted by molar-refractivity contribution is 5.92. The molecule has 4 nitrogen and oxygen atoms in total. The fourth-order valence-corrected chi connectivity index (χ4v) is 2.53. The minimum atomic E-state index is -0.0117. The first-order chi connectivity index (χ1) is 11.0. The van der Waals surface area contributed by atoms with Crippen molar-refractivity contribution in [3.63, 3.8) is 0 Å². The lowest BCUT2D eigenvalue weighted by atomic mass is 10.1. The number of nitrogens with one attached hydrogen (secondary N) is 1. The number of ether oxygens (including phenoxy) is 1. The largest absolute Gasteiger partial charge is 0.497 e. The zero-order valence-corrected chi connectivity index (χ0v) is 14.2. The topological polar surface area (TPSA) is 41.6 Å². The van der Waals surface area contributed by atoms with Gasteiger partial charge in [-0.25, -0.2) is 0 Å². The maximum Gasteiger partial charge on any atom is 0.238 e. The number of benzene rings is 2. The zero-order chi connectivity index (χ0) is 16.8. The maximum absolute atomic E-state index is 12.2. The molecule has 0 saturated carbocycles. The summed E-state index contributed by atoms with van der Waals surface area (Å²) in [4.78, 5) is 14.2. The second-order valence-corrected chi connectivity index (χ2v) is 5.89. The summed E-state index contributed by atoms with van der Waals surface area (Å²) in [6.45, 7) is 5.07. The molecule has 1 N–H and O–H groups in total. The average Bonchev–Trinajstić information content (AvgIpc) is 2.50. The number of hydrogen-bond acceptors (Lipinski definition) is 3. The van der Waals surface area contributed by atoms with Gasteiger partial charge >= 0.3 is 0 Å². The second kappa shape index (κ2) is 7.79. The van der Waals surface area contributed by atoms with E-state index < -0.39 is 0 Å². The molecule has 0 aromatic heterocycles. The molecule has 4 heteroatoms. The normalized spacial score (nSPS) is 10.7. The molecular formula is C19H24N2O2. The van der Waals surface area contributed by atoms with E-state index >= 15 is 0 Å². The molecule has 23 heavy (non-hydrogen) atoms. The van der Waals surface area contributed by atoms with Crippen molar-refractivity contribution in [2.75, 3.05) is 26.0 Å². The van der Waals surface area contributed by atoms with Crippen LogP contribution in [-0.4, -0.2) is 31.5 Å². The van der Waals surface area contributed by atoms with Gasteiger partial charge in [-0.05, 0) is 50.2 Å². The van der Waals surface area contributed by atoms with E-state index in [0.29, 0.717) is 13.1 Å². The van der Waals surface area contributed by atoms with Crippen LogP contribution >= 0.6 is 0 Å². The smallest absolute Gasteiger partial charge is 0.238 e. The molecule has 0 aliphatic heterocycles. The van der Waals surface area contributed by atoms with Gasteiger partial charge in [0.25, 0.3) is 0 Å². The summed E-state index contributed by atoms with van der Waals surface area (Å²) in [6, 6.07) is 13.9. The van der Waals surface area contributed by atoms with Crippen molar-refractivity contribution in [3.05, 3.63) is 59.2 Å². The predicted octanol–water partition coefficient (Wildman–Crippen LogP) is 3.38. The van der Waals surface area contributed by atoms with Crippen molar-refractivity contribution < 1.29 is 9.53 Å². The monoisotopic (exact) mass is 312 g/mol. The van der Waals surface area contributed by atoms with Crippen LogP contribution in [0.3, 0.4) is 0 Å². The minimum absolute atomic E-state index is 0.0117. The number of carbonyl (C=O) groups excluding carboxylic acids is 1. The van der Waals surface area contributed by atoms with E-state index in [4.69, 9.17) is 4.74 Å². The van der Waals surface area contributed by atoms with Crippen LogP contribution in [0.5, 0.6) is 5.75 Å². The Morgan fingerprint density at radius 3 is 2.65 bits per heavy atom. The van der Waals surface area contributed by atoms with Gasteiger partial charge < -0.3 is 10.1 Å². The summed E-state index contributed by atoms with van der Waals surface area (Å²) in [5, 5.41) is 2.97. The lowest BCUT2D eigenvalue weighted by Gasteiger charge is -2.17. The number of methoxy groups -OCH3 is 1. The molecule has 0 fully saturated rings. The van der Waals surface area contributed by atoms with Crippen LogP contribution in [0, 0.1) is 13.8 Å². The summed E-state index contributed by atoms with van der Waals surface area (Å²) in [6.07, 6.45) is 0. The Morgan fingerprint density at radius 1 is 1.17 bits per heavy atom. The third-order valence-electron chi connectivity index (χ3n) is 3.66. The molecule has 2 aromatic rings. The van der Waals surface area contributed by atoms with Crippen molar-refractivity contribution in [1.82, 2.24) is 4.90 Å². The van der Waals surface area contributed by atoms with E-state index in [9.17, 15) is 4.79 Å². The van der Waals surface area contributed by atoms with E-state index in [2.05, 4.69) is 11.4 Å². The van der Waals surface area contributed by atoms with Gasteiger partial charge in [-0.3, -0.25) is 9.69 Å². The van der Waals surface area contributed by atoms with Gasteiger partial charge in [0.15, 0.2) is 0 Å². The third kappa shape index (κ3) is 5.11. The van der Waals surface area contributed by atoms with Gasteiger partial charge in [0.05, 0.1) is 13.7 Å². The predicted molar refractivity (Wildman–Crippen MR) is 93.9 cm³/mol. The van der Waals surface area contributed by atoms with E-state index in [1.54, 1.807) is 7.11 Å². The van der Waals surface area contributed by atoms with E-state index in [1.807, 2.05) is 62.2 Å². The number of aryl methyl sites for hydroxylation is 2. The molecule has 122 valence electrons. The van der Waals surface area contributed by atoms with Crippen molar-refractivity contribution in [2.45, 2.75) is 20.4 Å². The summed E-state index contributed by atoms with van der Waals surface area (Å²) in [5.74, 6) is 0.818. The molecule has 0 atom stereocenters. The Hall–Kier alpha value is -2.33. The molecule has 1 amide bonds. The van der Waals surface area contributed by atoms with E-state index in [1.165, 1.54) is 5.56 Å². The Kier molecular flexibility index (Phi) is 5.77. The van der Waals surface area contributed by atoms with Crippen LogP contribution in [0.4, 0.5) is 5.69 Å². The molecule has 0 spiro atoms. The van der Waals surface area contributed by atoms with Crippen molar-refractivity contribution in [2.24, 2.45) is 0 Å². The molecule has 2 rings (SSSR count). The summed E-state index contributed by atoms with van der Waals surface area (Å²) in [5.41, 5.74) is 4.26. The van der Waals surface area contributed by atoms with Gasteiger partial charge in [-0.2, -0.15) is 0 Å². The molecule has 2 aromatic carbocycles. The van der Waals surface area contributed by atoms with Crippen molar-refractivity contribution in [3.8, 4) is 5.75 Å². The number of anilines is 1.